The van der Waals surface area contributed by atoms with Gasteiger partial charge in [-0.1, -0.05) is 43.5 Å². The Morgan fingerprint density at radius 1 is 0.962 bits per heavy atom. The van der Waals surface area contributed by atoms with E-state index < -0.39 is 53.6 Å². The van der Waals surface area contributed by atoms with E-state index >= 15 is 0 Å². The third-order valence-corrected chi connectivity index (χ3v) is 10.2. The van der Waals surface area contributed by atoms with Crippen LogP contribution < -0.4 is 16.0 Å². The van der Waals surface area contributed by atoms with Crippen molar-refractivity contribution in [2.24, 2.45) is 5.92 Å². The Morgan fingerprint density at radius 2 is 1.65 bits per heavy atom. The summed E-state index contributed by atoms with van der Waals surface area (Å²) in [5.41, 5.74) is 1.48. The van der Waals surface area contributed by atoms with Crippen LogP contribution >= 0.6 is 0 Å². The molecule has 0 aromatic heterocycles. The van der Waals surface area contributed by atoms with Gasteiger partial charge in [-0.15, -0.1) is 0 Å². The molecular weight excluding hydrogens is 670 g/mol. The first-order chi connectivity index (χ1) is 24.6. The highest BCUT2D eigenvalue weighted by Gasteiger charge is 2.45. The number of carboxylic acid groups (broad SMARTS) is 1. The molecule has 0 bridgehead atoms. The number of hydrogen-bond donors (Lipinski definition) is 4. The molecule has 1 aliphatic heterocycles. The van der Waals surface area contributed by atoms with Crippen LogP contribution in [0, 0.1) is 5.92 Å². The van der Waals surface area contributed by atoms with Crippen LogP contribution in [0.4, 0.5) is 4.79 Å². The number of aliphatic carboxylic acids is 1. The summed E-state index contributed by atoms with van der Waals surface area (Å²) >= 11 is 0. The number of rotatable bonds is 14. The summed E-state index contributed by atoms with van der Waals surface area (Å²) in [4.78, 5) is 81.7. The molecule has 5 amide bonds. The van der Waals surface area contributed by atoms with E-state index in [9.17, 15) is 28.8 Å². The Balaban J connectivity index is 1.54. The Kier molecular flexibility index (Phi) is 14.5. The van der Waals surface area contributed by atoms with E-state index in [4.69, 9.17) is 14.6 Å². The molecular formula is C38H57N5O9. The average molecular weight is 728 g/mol. The fourth-order valence-electron chi connectivity index (χ4n) is 7.30. The summed E-state index contributed by atoms with van der Waals surface area (Å²) in [5.74, 6) is -2.74. The van der Waals surface area contributed by atoms with Gasteiger partial charge in [0.25, 0.3) is 0 Å². The normalized spacial score (nSPS) is 21.6. The number of carbonyl (C=O) groups is 6. The molecule has 52 heavy (non-hydrogen) atoms. The van der Waals surface area contributed by atoms with Gasteiger partial charge in [0.1, 0.15) is 23.7 Å². The Labute approximate surface area is 306 Å². The second-order valence-corrected chi connectivity index (χ2v) is 15.3. The summed E-state index contributed by atoms with van der Waals surface area (Å²) in [6.07, 6.45) is 6.20. The van der Waals surface area contributed by atoms with Crippen molar-refractivity contribution in [2.75, 3.05) is 26.8 Å². The van der Waals surface area contributed by atoms with Gasteiger partial charge in [0, 0.05) is 26.1 Å². The van der Waals surface area contributed by atoms with Crippen molar-refractivity contribution in [3.05, 3.63) is 35.4 Å². The zero-order valence-corrected chi connectivity index (χ0v) is 31.3. The molecule has 0 spiro atoms. The van der Waals surface area contributed by atoms with Gasteiger partial charge in [-0.05, 0) is 83.3 Å². The summed E-state index contributed by atoms with van der Waals surface area (Å²) in [7, 11) is 1.48. The zero-order chi connectivity index (χ0) is 38.0. The zero-order valence-electron chi connectivity index (χ0n) is 31.3. The van der Waals surface area contributed by atoms with Gasteiger partial charge in [0.15, 0.2) is 0 Å². The van der Waals surface area contributed by atoms with Crippen LogP contribution in [0.1, 0.15) is 109 Å². The minimum atomic E-state index is -0.992. The van der Waals surface area contributed by atoms with Gasteiger partial charge in [-0.2, -0.15) is 0 Å². The number of aryl methyl sites for hydroxylation is 1. The predicted molar refractivity (Wildman–Crippen MR) is 192 cm³/mol. The minimum absolute atomic E-state index is 0.0103. The first-order valence-electron chi connectivity index (χ1n) is 18.7. The van der Waals surface area contributed by atoms with E-state index in [-0.39, 0.29) is 62.8 Å². The first kappa shape index (κ1) is 40.6. The third kappa shape index (κ3) is 11.4. The lowest BCUT2D eigenvalue weighted by Crippen LogP contribution is -2.59. The van der Waals surface area contributed by atoms with Gasteiger partial charge in [0.2, 0.25) is 23.6 Å². The lowest BCUT2D eigenvalue weighted by molar-refractivity contribution is -0.143. The molecule has 1 aromatic carbocycles. The maximum atomic E-state index is 14.7. The van der Waals surface area contributed by atoms with E-state index in [0.717, 1.165) is 56.9 Å². The minimum Gasteiger partial charge on any atom is -0.481 e. The molecule has 14 heteroatoms. The Bertz CT molecular complexity index is 1440. The van der Waals surface area contributed by atoms with Crippen LogP contribution in [0.3, 0.4) is 0 Å². The summed E-state index contributed by atoms with van der Waals surface area (Å²) in [5, 5.41) is 17.9. The van der Waals surface area contributed by atoms with E-state index in [1.807, 2.05) is 18.2 Å². The lowest BCUT2D eigenvalue weighted by atomic mass is 9.83. The molecule has 5 atom stereocenters. The summed E-state index contributed by atoms with van der Waals surface area (Å²) in [6, 6.07) is 4.48. The number of nitrogens with zero attached hydrogens (tertiary/aromatic N) is 2. The van der Waals surface area contributed by atoms with Gasteiger partial charge in [0.05, 0.1) is 25.7 Å². The Hall–Kier alpha value is -4.20. The molecule has 1 unspecified atom stereocenters. The SMILES string of the molecule is C[C@@H](C(=O)N[C@H](C(=O)N1C[C@@H](NC(=O)CCOCCC(=O)O)C[C@H]1C(=O)NC1CCCc2ccccc21)C1CCCCC1)N(C)C(=O)OC(C)(C)C. The van der Waals surface area contributed by atoms with E-state index in [2.05, 4.69) is 22.0 Å². The van der Waals surface area contributed by atoms with Crippen molar-refractivity contribution in [1.82, 2.24) is 25.8 Å². The predicted octanol–water partition coefficient (Wildman–Crippen LogP) is 3.47. The first-order valence-corrected chi connectivity index (χ1v) is 18.7. The fourth-order valence-corrected chi connectivity index (χ4v) is 7.30. The van der Waals surface area contributed by atoms with Gasteiger partial charge in [-0.3, -0.25) is 28.9 Å². The third-order valence-electron chi connectivity index (χ3n) is 10.2. The van der Waals surface area contributed by atoms with Crippen molar-refractivity contribution in [3.8, 4) is 0 Å². The number of nitrogens with one attached hydrogen (secondary N) is 3. The maximum absolute atomic E-state index is 14.7. The number of likely N-dealkylation sites (tertiary alicyclic amines) is 1. The number of fused-ring (bicyclic) bond motifs is 1. The molecule has 2 aliphatic carbocycles. The summed E-state index contributed by atoms with van der Waals surface area (Å²) < 4.78 is 10.7. The smallest absolute Gasteiger partial charge is 0.410 e. The van der Waals surface area contributed by atoms with Crippen LogP contribution in [0.25, 0.3) is 0 Å². The van der Waals surface area contributed by atoms with Gasteiger partial charge in [-0.25, -0.2) is 4.79 Å². The van der Waals surface area contributed by atoms with Gasteiger partial charge >= 0.3 is 12.1 Å². The molecule has 4 rings (SSSR count). The Morgan fingerprint density at radius 3 is 2.35 bits per heavy atom. The monoisotopic (exact) mass is 727 g/mol. The standard InChI is InChI=1S/C38H57N5O9/c1-24(42(5)37(50)52-38(2,3)4)34(47)41-33(26-13-7-6-8-14-26)36(49)43-23-27(39-31(44)18-20-51-21-19-32(45)46)22-30(43)35(48)40-29-17-11-15-25-12-9-10-16-28(25)29/h9-10,12,16,24,26-27,29-30,33H,6-8,11,13-15,17-23H2,1-5H3,(H,39,44)(H,40,48)(H,41,47)(H,45,46)/t24-,27-,29?,30-,33-/m0/s1. The van der Waals surface area contributed by atoms with Crippen LogP contribution in [0.5, 0.6) is 0 Å². The molecule has 3 aliphatic rings. The second kappa shape index (κ2) is 18.5. The average Bonchev–Trinajstić information content (AvgIpc) is 3.52. The molecule has 288 valence electrons. The number of amides is 5. The topological polar surface area (TPSA) is 184 Å². The fraction of sp³-hybridized carbons (Fsp3) is 0.684. The van der Waals surface area contributed by atoms with Crippen LogP contribution in [-0.2, 0) is 39.9 Å². The maximum Gasteiger partial charge on any atom is 0.410 e. The molecule has 14 nitrogen and oxygen atoms in total. The van der Waals surface area contributed by atoms with Crippen LogP contribution in [0.2, 0.25) is 0 Å². The highest BCUT2D eigenvalue weighted by molar-refractivity contribution is 5.94. The molecule has 1 saturated heterocycles. The molecule has 1 aromatic rings. The molecule has 2 fully saturated rings. The number of carbonyl (C=O) groups excluding carboxylic acids is 5. The molecule has 1 saturated carbocycles. The van der Waals surface area contributed by atoms with Crippen LogP contribution in [0.15, 0.2) is 24.3 Å². The lowest BCUT2D eigenvalue weighted by Gasteiger charge is -2.36. The summed E-state index contributed by atoms with van der Waals surface area (Å²) in [6.45, 7) is 6.88. The highest BCUT2D eigenvalue weighted by atomic mass is 16.6. The van der Waals surface area contributed by atoms with Crippen LogP contribution in [-0.4, -0.2) is 107 Å². The molecule has 4 N–H and O–H groups in total. The second-order valence-electron chi connectivity index (χ2n) is 15.3. The van der Waals surface area contributed by atoms with E-state index in [1.165, 1.54) is 22.4 Å². The van der Waals surface area contributed by atoms with Crippen molar-refractivity contribution < 1.29 is 43.3 Å². The van der Waals surface area contributed by atoms with Crippen molar-refractivity contribution in [2.45, 2.75) is 134 Å². The number of benzene rings is 1. The number of likely N-dealkylation sites (N-methyl/N-ethyl adjacent to an activating group) is 1. The molecule has 0 radical (unpaired) electrons. The van der Waals surface area contributed by atoms with Crippen molar-refractivity contribution in [3.63, 3.8) is 0 Å². The quantitative estimate of drug-likeness (QED) is 0.209. The molecule has 1 heterocycles. The van der Waals surface area contributed by atoms with E-state index in [0.29, 0.717) is 0 Å². The largest absolute Gasteiger partial charge is 0.481 e. The number of hydrogen-bond acceptors (Lipinski definition) is 8. The van der Waals surface area contributed by atoms with Gasteiger partial charge < -0.3 is 35.4 Å². The van der Waals surface area contributed by atoms with Crippen molar-refractivity contribution in [1.29, 1.82) is 0 Å². The highest BCUT2D eigenvalue weighted by Crippen LogP contribution is 2.32. The van der Waals surface area contributed by atoms with Crippen molar-refractivity contribution >= 4 is 35.7 Å². The number of ether oxygens (including phenoxy) is 2. The number of carboxylic acids is 1. The van der Waals surface area contributed by atoms with E-state index in [1.54, 1.807) is 27.7 Å².